The minimum Gasteiger partial charge on any atom is -0.444 e. The summed E-state index contributed by atoms with van der Waals surface area (Å²) in [7, 11) is 0. The third-order valence-electron chi connectivity index (χ3n) is 6.64. The first-order valence-corrected chi connectivity index (χ1v) is 11.9. The predicted octanol–water partition coefficient (Wildman–Crippen LogP) is 4.25. The maximum atomic E-state index is 14.6. The van der Waals surface area contributed by atoms with Gasteiger partial charge in [0, 0.05) is 37.9 Å². The Morgan fingerprint density at radius 2 is 1.89 bits per heavy atom. The molecule has 0 aliphatic carbocycles. The number of carbonyl (C=O) groups excluding carboxylic acids is 1. The lowest BCUT2D eigenvalue weighted by atomic mass is 9.85. The molecule has 9 nitrogen and oxygen atoms in total. The second-order valence-electron chi connectivity index (χ2n) is 10.7. The van der Waals surface area contributed by atoms with Gasteiger partial charge in [0.05, 0.1) is 22.6 Å². The van der Waals surface area contributed by atoms with Crippen molar-refractivity contribution in [3.63, 3.8) is 0 Å². The highest BCUT2D eigenvalue weighted by Gasteiger charge is 2.51. The summed E-state index contributed by atoms with van der Waals surface area (Å²) >= 11 is 0. The summed E-state index contributed by atoms with van der Waals surface area (Å²) in [6.45, 7) is 11.5. The van der Waals surface area contributed by atoms with E-state index in [0.717, 1.165) is 0 Å². The van der Waals surface area contributed by atoms with Gasteiger partial charge in [-0.1, -0.05) is 0 Å². The Bertz CT molecular complexity index is 1200. The molecule has 1 saturated heterocycles. The second-order valence-corrected chi connectivity index (χ2v) is 10.7. The van der Waals surface area contributed by atoms with Gasteiger partial charge in [-0.05, 0) is 53.7 Å². The molecule has 2 aromatic rings. The van der Waals surface area contributed by atoms with Crippen molar-refractivity contribution in [2.45, 2.75) is 71.1 Å². The van der Waals surface area contributed by atoms with E-state index in [4.69, 9.17) is 4.74 Å². The number of amides is 1. The number of hydrogen-bond acceptors (Lipinski definition) is 8. The maximum absolute atomic E-state index is 14.6. The Labute approximate surface area is 209 Å². The molecule has 36 heavy (non-hydrogen) atoms. The summed E-state index contributed by atoms with van der Waals surface area (Å²) in [5, 5.41) is 9.30. The van der Waals surface area contributed by atoms with Crippen LogP contribution in [0.3, 0.4) is 0 Å². The van der Waals surface area contributed by atoms with E-state index in [1.54, 1.807) is 21.9 Å². The van der Waals surface area contributed by atoms with Gasteiger partial charge in [0.1, 0.15) is 29.4 Å². The largest absolute Gasteiger partial charge is 0.444 e. The first-order chi connectivity index (χ1) is 16.9. The van der Waals surface area contributed by atoms with Gasteiger partial charge in [-0.15, -0.1) is 0 Å². The van der Waals surface area contributed by atoms with Crippen molar-refractivity contribution in [2.75, 3.05) is 29.4 Å². The standard InChI is InChI=1S/C25H31F2N7O2/c1-15-12-33(23(35)36-24(3,4)5)16(2)11-32(15)20-19-21(31-14-30-20)34(13-25(19,6)22(26)27)18-9-17(10-28)7-8-29-18/h7-9,14-16,22H,11-13H2,1-6H3/t15-,16+,25?/m0/s1. The molecule has 2 aliphatic rings. The molecule has 0 spiro atoms. The molecule has 1 unspecified atom stereocenters. The molecule has 1 amide bonds. The topological polar surface area (TPSA) is 98.5 Å². The molecule has 0 N–H and O–H groups in total. The number of nitrogens with zero attached hydrogens (tertiary/aromatic N) is 7. The van der Waals surface area contributed by atoms with Crippen molar-refractivity contribution in [3.8, 4) is 6.07 Å². The van der Waals surface area contributed by atoms with E-state index >= 15 is 0 Å². The van der Waals surface area contributed by atoms with E-state index in [0.29, 0.717) is 41.7 Å². The van der Waals surface area contributed by atoms with Gasteiger partial charge >= 0.3 is 6.09 Å². The molecule has 3 atom stereocenters. The second kappa shape index (κ2) is 9.15. The summed E-state index contributed by atoms with van der Waals surface area (Å²) in [6.07, 6.45) is -0.250. The molecule has 2 aromatic heterocycles. The number of halogens is 2. The number of aromatic nitrogens is 3. The molecule has 192 valence electrons. The van der Waals surface area contributed by atoms with Crippen molar-refractivity contribution in [2.24, 2.45) is 0 Å². The Balaban J connectivity index is 1.73. The minimum atomic E-state index is -2.69. The molecule has 0 aromatic carbocycles. The first kappa shape index (κ1) is 25.5. The number of piperazine rings is 1. The van der Waals surface area contributed by atoms with Gasteiger partial charge in [0.2, 0.25) is 6.43 Å². The molecule has 4 heterocycles. The number of fused-ring (bicyclic) bond motifs is 1. The lowest BCUT2D eigenvalue weighted by Crippen LogP contribution is -2.59. The Kier molecular flexibility index (Phi) is 6.49. The number of pyridine rings is 1. The highest BCUT2D eigenvalue weighted by Crippen LogP contribution is 2.49. The van der Waals surface area contributed by atoms with E-state index in [1.807, 2.05) is 39.5 Å². The highest BCUT2D eigenvalue weighted by molar-refractivity contribution is 5.75. The number of alkyl halides is 2. The molecule has 1 fully saturated rings. The number of carbonyl (C=O) groups is 1. The van der Waals surface area contributed by atoms with Crippen LogP contribution < -0.4 is 9.80 Å². The number of rotatable bonds is 3. The SMILES string of the molecule is C[C@@H]1CN(c2ncnc3c2C(C)(C(F)F)CN3c2cc(C#N)ccn2)[C@@H](C)CN1C(=O)OC(C)(C)C. The Morgan fingerprint density at radius 3 is 2.53 bits per heavy atom. The van der Waals surface area contributed by atoms with Gasteiger partial charge in [-0.3, -0.25) is 0 Å². The van der Waals surface area contributed by atoms with Gasteiger partial charge in [0.25, 0.3) is 0 Å². The fourth-order valence-corrected chi connectivity index (χ4v) is 4.78. The lowest BCUT2D eigenvalue weighted by Gasteiger charge is -2.45. The minimum absolute atomic E-state index is 0.0601. The van der Waals surface area contributed by atoms with Crippen LogP contribution in [-0.2, 0) is 10.2 Å². The Hall–Kier alpha value is -3.55. The maximum Gasteiger partial charge on any atom is 0.410 e. The first-order valence-electron chi connectivity index (χ1n) is 11.9. The molecule has 4 rings (SSSR count). The molecule has 0 saturated carbocycles. The van der Waals surface area contributed by atoms with Crippen LogP contribution in [0.15, 0.2) is 24.7 Å². The van der Waals surface area contributed by atoms with Gasteiger partial charge in [-0.25, -0.2) is 28.5 Å². The van der Waals surface area contributed by atoms with E-state index in [9.17, 15) is 18.8 Å². The van der Waals surface area contributed by atoms with E-state index < -0.39 is 23.5 Å². The van der Waals surface area contributed by atoms with Crippen molar-refractivity contribution in [1.82, 2.24) is 19.9 Å². The number of nitriles is 1. The normalized spacial score (nSPS) is 24.1. The monoisotopic (exact) mass is 499 g/mol. The van der Waals surface area contributed by atoms with Crippen LogP contribution in [0.2, 0.25) is 0 Å². The number of hydrogen-bond donors (Lipinski definition) is 0. The van der Waals surface area contributed by atoms with E-state index in [1.165, 1.54) is 19.4 Å². The van der Waals surface area contributed by atoms with Crippen LogP contribution in [-0.4, -0.2) is 69.7 Å². The van der Waals surface area contributed by atoms with Gasteiger partial charge in [0.15, 0.2) is 0 Å². The molecule has 0 radical (unpaired) electrons. The van der Waals surface area contributed by atoms with Crippen LogP contribution in [0, 0.1) is 11.3 Å². The van der Waals surface area contributed by atoms with Crippen LogP contribution in [0.5, 0.6) is 0 Å². The zero-order chi connectivity index (χ0) is 26.4. The van der Waals surface area contributed by atoms with Crippen LogP contribution in [0.4, 0.5) is 31.0 Å². The van der Waals surface area contributed by atoms with Crippen molar-refractivity contribution in [1.29, 1.82) is 5.26 Å². The fraction of sp³-hybridized carbons (Fsp3) is 0.560. The summed E-state index contributed by atoms with van der Waals surface area (Å²) in [5.74, 6) is 1.14. The smallest absolute Gasteiger partial charge is 0.410 e. The lowest BCUT2D eigenvalue weighted by molar-refractivity contribution is 0.0129. The van der Waals surface area contributed by atoms with Crippen LogP contribution >= 0.6 is 0 Å². The van der Waals surface area contributed by atoms with E-state index in [-0.39, 0.29) is 18.6 Å². The quantitative estimate of drug-likeness (QED) is 0.618. The third-order valence-corrected chi connectivity index (χ3v) is 6.64. The van der Waals surface area contributed by atoms with Crippen molar-refractivity contribution >= 4 is 23.5 Å². The van der Waals surface area contributed by atoms with Gasteiger partial charge in [-0.2, -0.15) is 5.26 Å². The third kappa shape index (κ3) is 4.52. The molecule has 2 aliphatic heterocycles. The summed E-state index contributed by atoms with van der Waals surface area (Å²) in [5.41, 5.74) is -1.47. The summed E-state index contributed by atoms with van der Waals surface area (Å²) in [6, 6.07) is 4.75. The number of anilines is 3. The van der Waals surface area contributed by atoms with E-state index in [2.05, 4.69) is 21.0 Å². The van der Waals surface area contributed by atoms with Crippen molar-refractivity contribution in [3.05, 3.63) is 35.8 Å². The molecule has 11 heteroatoms. The molecular weight excluding hydrogens is 468 g/mol. The highest BCUT2D eigenvalue weighted by atomic mass is 19.3. The Morgan fingerprint density at radius 1 is 1.19 bits per heavy atom. The van der Waals surface area contributed by atoms with Crippen molar-refractivity contribution < 1.29 is 18.3 Å². The average molecular weight is 500 g/mol. The summed E-state index contributed by atoms with van der Waals surface area (Å²) < 4.78 is 34.8. The number of ether oxygens (including phenoxy) is 1. The molecular formula is C25H31F2N7O2. The predicted molar refractivity (Wildman–Crippen MR) is 131 cm³/mol. The zero-order valence-corrected chi connectivity index (χ0v) is 21.4. The summed E-state index contributed by atoms with van der Waals surface area (Å²) in [4.78, 5) is 31.2. The molecule has 0 bridgehead atoms. The zero-order valence-electron chi connectivity index (χ0n) is 21.4. The van der Waals surface area contributed by atoms with Crippen LogP contribution in [0.1, 0.15) is 52.7 Å². The fourth-order valence-electron chi connectivity index (χ4n) is 4.78. The average Bonchev–Trinajstić information content (AvgIpc) is 3.13. The van der Waals surface area contributed by atoms with Gasteiger partial charge < -0.3 is 19.4 Å². The van der Waals surface area contributed by atoms with Crippen LogP contribution in [0.25, 0.3) is 0 Å².